The molecule has 0 aliphatic carbocycles. The van der Waals surface area contributed by atoms with Crippen molar-refractivity contribution in [3.05, 3.63) is 23.1 Å². The number of ether oxygens (including phenoxy) is 1. The zero-order valence-electron chi connectivity index (χ0n) is 23.9. The molecule has 2 rings (SSSR count). The number of carbonyl (C=O) groups excluding carboxylic acids is 3. The van der Waals surface area contributed by atoms with Crippen molar-refractivity contribution in [1.29, 1.82) is 0 Å². The van der Waals surface area contributed by atoms with Gasteiger partial charge in [-0.05, 0) is 38.7 Å². The monoisotopic (exact) mass is 601 g/mol. The van der Waals surface area contributed by atoms with Crippen molar-refractivity contribution in [2.75, 3.05) is 50.9 Å². The summed E-state index contributed by atoms with van der Waals surface area (Å²) in [5.41, 5.74) is 0. The molecule has 0 bridgehead atoms. The highest BCUT2D eigenvalue weighted by molar-refractivity contribution is 7.93. The average Bonchev–Trinajstić information content (AvgIpc) is 3.09. The Morgan fingerprint density at radius 3 is 2.25 bits per heavy atom. The number of Topliss-reactive ketones (excluding diaryl/α,β-unsaturated/α-hetero) is 1. The minimum atomic E-state index is -3.89. The Hall–Kier alpha value is -2.53. The van der Waals surface area contributed by atoms with Crippen molar-refractivity contribution in [1.82, 2.24) is 14.5 Å². The van der Waals surface area contributed by atoms with Gasteiger partial charge in [0.1, 0.15) is 0 Å². The molecule has 1 N–H and O–H groups in total. The maximum absolute atomic E-state index is 13.3. The number of hydrogen-bond acceptors (Lipinski definition) is 8. The highest BCUT2D eigenvalue weighted by Crippen LogP contribution is 2.20. The van der Waals surface area contributed by atoms with E-state index < -0.39 is 55.8 Å². The van der Waals surface area contributed by atoms with Crippen LogP contribution in [0.15, 0.2) is 23.1 Å². The van der Waals surface area contributed by atoms with Crippen LogP contribution in [0.3, 0.4) is 0 Å². The maximum Gasteiger partial charge on any atom is 0.243 e. The number of hydrogen-bond donors (Lipinski definition) is 1. The number of allylic oxidation sites excluding steroid dienone is 3. The molecule has 2 atom stereocenters. The number of sulfonamides is 1. The van der Waals surface area contributed by atoms with Gasteiger partial charge in [-0.15, -0.1) is 12.8 Å². The molecule has 2 aliphatic rings. The van der Waals surface area contributed by atoms with Crippen LogP contribution in [-0.4, -0.2) is 101 Å². The van der Waals surface area contributed by atoms with Gasteiger partial charge in [-0.25, -0.2) is 16.8 Å². The molecule has 0 spiro atoms. The Bertz CT molecular complexity index is 1170. The van der Waals surface area contributed by atoms with E-state index >= 15 is 0 Å². The number of sulfone groups is 1. The first-order chi connectivity index (χ1) is 18.8. The van der Waals surface area contributed by atoms with Crippen LogP contribution < -0.4 is 5.32 Å². The van der Waals surface area contributed by atoms with Crippen molar-refractivity contribution < 1.29 is 36.0 Å². The van der Waals surface area contributed by atoms with E-state index in [0.29, 0.717) is 32.7 Å². The van der Waals surface area contributed by atoms with Crippen LogP contribution >= 0.6 is 0 Å². The number of nitrogens with one attached hydrogen (secondary N) is 1. The van der Waals surface area contributed by atoms with E-state index in [1.54, 1.807) is 38.7 Å². The van der Waals surface area contributed by atoms with Gasteiger partial charge in [-0.3, -0.25) is 14.4 Å². The second kappa shape index (κ2) is 16.7. The summed E-state index contributed by atoms with van der Waals surface area (Å²) in [6.07, 6.45) is 12.7. The molecule has 0 aromatic heterocycles. The molecule has 2 saturated heterocycles. The summed E-state index contributed by atoms with van der Waals surface area (Å²) < 4.78 is 57.9. The minimum Gasteiger partial charge on any atom is -0.378 e. The van der Waals surface area contributed by atoms with Gasteiger partial charge in [0.15, 0.2) is 15.6 Å². The Morgan fingerprint density at radius 2 is 1.70 bits per heavy atom. The van der Waals surface area contributed by atoms with E-state index in [4.69, 9.17) is 4.74 Å². The number of ketones is 1. The van der Waals surface area contributed by atoms with Gasteiger partial charge >= 0.3 is 0 Å². The molecule has 2 heterocycles. The second-order valence-electron chi connectivity index (χ2n) is 10.1. The van der Waals surface area contributed by atoms with Crippen LogP contribution in [0.5, 0.6) is 0 Å². The van der Waals surface area contributed by atoms with Gasteiger partial charge in [0, 0.05) is 26.1 Å². The van der Waals surface area contributed by atoms with Gasteiger partial charge in [-0.2, -0.15) is 4.31 Å². The molecule has 0 aromatic rings. The van der Waals surface area contributed by atoms with Gasteiger partial charge < -0.3 is 15.0 Å². The van der Waals surface area contributed by atoms with Gasteiger partial charge in [0.25, 0.3) is 0 Å². The number of nitrogens with zero attached hydrogens (tertiary/aromatic N) is 2. The van der Waals surface area contributed by atoms with E-state index in [2.05, 4.69) is 18.2 Å². The van der Waals surface area contributed by atoms with Crippen LogP contribution in [0.4, 0.5) is 0 Å². The smallest absolute Gasteiger partial charge is 0.243 e. The van der Waals surface area contributed by atoms with Crippen LogP contribution in [-0.2, 0) is 39.0 Å². The molecule has 0 saturated carbocycles. The number of carbonyl (C=O) groups is 3. The second-order valence-corrected chi connectivity index (χ2v) is 14.2. The molecule has 40 heavy (non-hydrogen) atoms. The first-order valence-electron chi connectivity index (χ1n) is 13.3. The average molecular weight is 602 g/mol. The Labute approximate surface area is 239 Å². The van der Waals surface area contributed by atoms with E-state index in [-0.39, 0.29) is 41.9 Å². The standard InChI is InChI=1S/C25H41N3O8S2.C2H2/c1-5-8-21(6-2)38(34,35)28-10-7-9-22(23(29)16-28)26-25(31)20(18-37(32,33)17-19(3)4)15-24(30)27-11-13-36-14-12-27;1-2/h5-6,8,19-20,22H,7,9-18H2,1-4H3,(H,26,31);1-2H/b8-5-,21-6+;. The van der Waals surface area contributed by atoms with Crippen molar-refractivity contribution >= 4 is 37.5 Å². The van der Waals surface area contributed by atoms with Crippen molar-refractivity contribution in [3.8, 4) is 12.8 Å². The SMILES string of the molecule is C#C.C/C=C\C(=C/C)S(=O)(=O)N1CCCC(NC(=O)C(CC(=O)N2CCOCC2)CS(=O)(=O)CC(C)C)C(=O)C1. The first kappa shape index (κ1) is 35.5. The van der Waals surface area contributed by atoms with Crippen LogP contribution in [0.2, 0.25) is 0 Å². The molecule has 2 unspecified atom stereocenters. The third-order valence-corrected chi connectivity index (χ3v) is 10.4. The molecular formula is C27H43N3O8S2. The minimum absolute atomic E-state index is 0.0762. The largest absolute Gasteiger partial charge is 0.378 e. The lowest BCUT2D eigenvalue weighted by molar-refractivity contribution is -0.139. The van der Waals surface area contributed by atoms with E-state index in [1.165, 1.54) is 12.2 Å². The van der Waals surface area contributed by atoms with Crippen LogP contribution in [0.1, 0.15) is 47.0 Å². The number of terminal acetylenes is 1. The summed E-state index contributed by atoms with van der Waals surface area (Å²) in [4.78, 5) is 40.8. The summed E-state index contributed by atoms with van der Waals surface area (Å²) in [6, 6.07) is -0.979. The van der Waals surface area contributed by atoms with E-state index in [9.17, 15) is 31.2 Å². The molecular weight excluding hydrogens is 558 g/mol. The Balaban J connectivity index is 0.00000391. The predicted molar refractivity (Wildman–Crippen MR) is 154 cm³/mol. The molecule has 11 nitrogen and oxygen atoms in total. The lowest BCUT2D eigenvalue weighted by Crippen LogP contribution is -2.49. The fourth-order valence-corrected chi connectivity index (χ4v) is 8.15. The molecule has 226 valence electrons. The first-order valence-corrected chi connectivity index (χ1v) is 16.6. The summed E-state index contributed by atoms with van der Waals surface area (Å²) in [5, 5.41) is 2.63. The zero-order valence-corrected chi connectivity index (χ0v) is 25.5. The van der Waals surface area contributed by atoms with Gasteiger partial charge in [0.2, 0.25) is 21.8 Å². The third-order valence-electron chi connectivity index (χ3n) is 6.39. The van der Waals surface area contributed by atoms with E-state index in [0.717, 1.165) is 4.31 Å². The normalized spacial score (nSPS) is 20.5. The molecule has 0 radical (unpaired) electrons. The summed E-state index contributed by atoms with van der Waals surface area (Å²) in [7, 11) is -7.54. The third kappa shape index (κ3) is 10.8. The van der Waals surface area contributed by atoms with Crippen LogP contribution in [0, 0.1) is 24.7 Å². The fraction of sp³-hybridized carbons (Fsp3) is 0.667. The zero-order chi connectivity index (χ0) is 30.5. The quantitative estimate of drug-likeness (QED) is 0.274. The molecule has 0 aromatic carbocycles. The lowest BCUT2D eigenvalue weighted by atomic mass is 10.0. The summed E-state index contributed by atoms with van der Waals surface area (Å²) >= 11 is 0. The predicted octanol–water partition coefficient (Wildman–Crippen LogP) is 1.13. The van der Waals surface area contributed by atoms with Crippen LogP contribution in [0.25, 0.3) is 0 Å². The maximum atomic E-state index is 13.3. The van der Waals surface area contributed by atoms with Gasteiger partial charge in [-0.1, -0.05) is 26.0 Å². The molecule has 2 fully saturated rings. The topological polar surface area (TPSA) is 147 Å². The number of rotatable bonds is 11. The molecule has 2 amide bonds. The van der Waals surface area contributed by atoms with Gasteiger partial charge in [0.05, 0.1) is 48.1 Å². The molecule has 13 heteroatoms. The Kier molecular flexibility index (Phi) is 14.8. The van der Waals surface area contributed by atoms with Crippen molar-refractivity contribution in [3.63, 3.8) is 0 Å². The number of morpholine rings is 1. The molecule has 2 aliphatic heterocycles. The number of amides is 2. The van der Waals surface area contributed by atoms with Crippen molar-refractivity contribution in [2.45, 2.75) is 53.0 Å². The fourth-order valence-electron chi connectivity index (χ4n) is 4.55. The lowest BCUT2D eigenvalue weighted by Gasteiger charge is -2.28. The summed E-state index contributed by atoms with van der Waals surface area (Å²) in [6.45, 7) is 7.96. The van der Waals surface area contributed by atoms with Crippen molar-refractivity contribution in [2.24, 2.45) is 11.8 Å². The highest BCUT2D eigenvalue weighted by atomic mass is 32.2. The highest BCUT2D eigenvalue weighted by Gasteiger charge is 2.36. The summed E-state index contributed by atoms with van der Waals surface area (Å²) in [5.74, 6) is -3.50. The van der Waals surface area contributed by atoms with E-state index in [1.807, 2.05) is 0 Å². The Morgan fingerprint density at radius 1 is 1.07 bits per heavy atom.